The van der Waals surface area contributed by atoms with Crippen molar-refractivity contribution in [2.75, 3.05) is 0 Å². The Hall–Kier alpha value is -1.23. The van der Waals surface area contributed by atoms with Crippen LogP contribution in [0.3, 0.4) is 0 Å². The molecule has 2 aliphatic rings. The highest BCUT2D eigenvalue weighted by molar-refractivity contribution is 7.71. The fraction of sp³-hybridized carbons (Fsp3) is 0.583. The molecule has 2 heterocycles. The highest BCUT2D eigenvalue weighted by Crippen LogP contribution is 2.51. The van der Waals surface area contributed by atoms with Gasteiger partial charge in [-0.05, 0) is 31.1 Å². The summed E-state index contributed by atoms with van der Waals surface area (Å²) in [5.41, 5.74) is 1.88. The third-order valence-electron chi connectivity index (χ3n) is 4.44. The lowest BCUT2D eigenvalue weighted by Crippen LogP contribution is -2.15. The van der Waals surface area contributed by atoms with Crippen molar-refractivity contribution < 1.29 is 0 Å². The minimum Gasteiger partial charge on any atom is -0.330 e. The smallest absolute Gasteiger partial charge is 0.157 e. The Balaban J connectivity index is 1.87. The first-order valence-corrected chi connectivity index (χ1v) is 6.64. The molecule has 3 unspecified atom stereocenters. The van der Waals surface area contributed by atoms with E-state index in [4.69, 9.17) is 12.2 Å². The molecule has 88 valence electrons. The van der Waals surface area contributed by atoms with Crippen LogP contribution in [0.25, 0.3) is 11.2 Å². The summed E-state index contributed by atoms with van der Waals surface area (Å²) in [6.07, 6.45) is 9.11. The summed E-state index contributed by atoms with van der Waals surface area (Å²) < 4.78 is 2.89. The molecule has 2 fully saturated rings. The van der Waals surface area contributed by atoms with Crippen LogP contribution in [0.15, 0.2) is 12.7 Å². The third kappa shape index (κ3) is 1.32. The molecule has 1 N–H and O–H groups in total. The standard InChI is InChI=1S/C12H14N4S/c17-12-10-11(13-5-14-12)16(6-15-10)9-4-7-1-2-8(9)3-7/h5-9H,1-4H2,(H,13,14,17). The lowest BCUT2D eigenvalue weighted by molar-refractivity contribution is 0.334. The zero-order chi connectivity index (χ0) is 11.4. The third-order valence-corrected chi connectivity index (χ3v) is 4.74. The molecule has 4 rings (SSSR count). The highest BCUT2D eigenvalue weighted by atomic mass is 32.1. The van der Waals surface area contributed by atoms with Crippen LogP contribution in [0.2, 0.25) is 0 Å². The number of nitrogens with one attached hydrogen (secondary N) is 1. The van der Waals surface area contributed by atoms with E-state index in [2.05, 4.69) is 19.5 Å². The van der Waals surface area contributed by atoms with E-state index in [-0.39, 0.29) is 0 Å². The van der Waals surface area contributed by atoms with E-state index in [0.29, 0.717) is 10.7 Å². The number of H-pyrrole nitrogens is 1. The molecule has 2 bridgehead atoms. The van der Waals surface area contributed by atoms with E-state index < -0.39 is 0 Å². The average Bonchev–Trinajstić information content (AvgIpc) is 3.03. The lowest BCUT2D eigenvalue weighted by Gasteiger charge is -2.23. The summed E-state index contributed by atoms with van der Waals surface area (Å²) in [6, 6.07) is 0.617. The van der Waals surface area contributed by atoms with Crippen LogP contribution in [-0.2, 0) is 0 Å². The Morgan fingerprint density at radius 3 is 3.00 bits per heavy atom. The molecule has 2 aliphatic carbocycles. The lowest BCUT2D eigenvalue weighted by atomic mass is 9.95. The SMILES string of the molecule is S=c1nc[nH]c2c1ncn2C1CC2CCC1C2. The topological polar surface area (TPSA) is 46.5 Å². The van der Waals surface area contributed by atoms with Crippen molar-refractivity contribution in [2.24, 2.45) is 11.8 Å². The van der Waals surface area contributed by atoms with Gasteiger partial charge in [-0.25, -0.2) is 9.97 Å². The summed E-state index contributed by atoms with van der Waals surface area (Å²) in [5.74, 6) is 1.78. The molecule has 0 amide bonds. The van der Waals surface area contributed by atoms with Gasteiger partial charge in [-0.15, -0.1) is 0 Å². The summed E-state index contributed by atoms with van der Waals surface area (Å²) >= 11 is 5.20. The van der Waals surface area contributed by atoms with E-state index in [9.17, 15) is 0 Å². The fourth-order valence-corrected chi connectivity index (χ4v) is 3.88. The van der Waals surface area contributed by atoms with Crippen molar-refractivity contribution in [1.82, 2.24) is 19.5 Å². The van der Waals surface area contributed by atoms with E-state index >= 15 is 0 Å². The van der Waals surface area contributed by atoms with Crippen molar-refractivity contribution >= 4 is 23.4 Å². The number of aromatic nitrogens is 4. The number of rotatable bonds is 1. The second-order valence-corrected chi connectivity index (χ2v) is 5.69. The summed E-state index contributed by atoms with van der Waals surface area (Å²) in [5, 5.41) is 0. The predicted molar refractivity (Wildman–Crippen MR) is 67.2 cm³/mol. The first-order valence-electron chi connectivity index (χ1n) is 6.23. The minimum atomic E-state index is 0.598. The number of aromatic amines is 1. The zero-order valence-electron chi connectivity index (χ0n) is 9.47. The summed E-state index contributed by atoms with van der Waals surface area (Å²) in [7, 11) is 0. The van der Waals surface area contributed by atoms with Gasteiger partial charge in [0.05, 0.1) is 12.7 Å². The molecule has 5 heteroatoms. The van der Waals surface area contributed by atoms with Gasteiger partial charge in [0.15, 0.2) is 4.64 Å². The highest BCUT2D eigenvalue weighted by Gasteiger charge is 2.40. The molecule has 0 spiro atoms. The largest absolute Gasteiger partial charge is 0.330 e. The van der Waals surface area contributed by atoms with Crippen LogP contribution < -0.4 is 0 Å². The molecule has 0 aliphatic heterocycles. The Morgan fingerprint density at radius 1 is 1.29 bits per heavy atom. The molecule has 0 radical (unpaired) electrons. The molecule has 0 aromatic carbocycles. The minimum absolute atomic E-state index is 0.598. The maximum absolute atomic E-state index is 5.20. The van der Waals surface area contributed by atoms with Gasteiger partial charge in [0, 0.05) is 6.04 Å². The average molecular weight is 246 g/mol. The monoisotopic (exact) mass is 246 g/mol. The molecule has 2 aromatic rings. The predicted octanol–water partition coefficient (Wildman–Crippen LogP) is 2.85. The van der Waals surface area contributed by atoms with Crippen molar-refractivity contribution in [3.05, 3.63) is 17.3 Å². The van der Waals surface area contributed by atoms with Gasteiger partial charge in [-0.3, -0.25) is 0 Å². The van der Waals surface area contributed by atoms with Crippen molar-refractivity contribution in [3.8, 4) is 0 Å². The van der Waals surface area contributed by atoms with E-state index in [1.165, 1.54) is 25.7 Å². The Kier molecular flexibility index (Phi) is 1.94. The zero-order valence-corrected chi connectivity index (χ0v) is 10.3. The van der Waals surface area contributed by atoms with E-state index in [0.717, 1.165) is 23.0 Å². The number of nitrogens with zero attached hydrogens (tertiary/aromatic N) is 3. The van der Waals surface area contributed by atoms with Gasteiger partial charge in [0.2, 0.25) is 0 Å². The molecule has 2 aromatic heterocycles. The van der Waals surface area contributed by atoms with Crippen LogP contribution in [0.1, 0.15) is 31.7 Å². The quantitative estimate of drug-likeness (QED) is 0.787. The molecule has 2 saturated carbocycles. The second-order valence-electron chi connectivity index (χ2n) is 5.30. The van der Waals surface area contributed by atoms with Gasteiger partial charge in [-0.1, -0.05) is 18.6 Å². The number of hydrogen-bond donors (Lipinski definition) is 1. The number of imidazole rings is 1. The van der Waals surface area contributed by atoms with Crippen molar-refractivity contribution in [2.45, 2.75) is 31.7 Å². The van der Waals surface area contributed by atoms with Crippen molar-refractivity contribution in [1.29, 1.82) is 0 Å². The van der Waals surface area contributed by atoms with Crippen LogP contribution in [0.5, 0.6) is 0 Å². The van der Waals surface area contributed by atoms with Crippen LogP contribution in [0.4, 0.5) is 0 Å². The molecule has 0 saturated heterocycles. The van der Waals surface area contributed by atoms with Gasteiger partial charge in [0.25, 0.3) is 0 Å². The summed E-state index contributed by atoms with van der Waals surface area (Å²) in [6.45, 7) is 0. The van der Waals surface area contributed by atoms with E-state index in [1.54, 1.807) is 6.33 Å². The first-order chi connectivity index (χ1) is 8.33. The van der Waals surface area contributed by atoms with Crippen LogP contribution in [-0.4, -0.2) is 19.5 Å². The molecular formula is C12H14N4S. The summed E-state index contributed by atoms with van der Waals surface area (Å²) in [4.78, 5) is 11.7. The first kappa shape index (κ1) is 9.76. The van der Waals surface area contributed by atoms with Gasteiger partial charge in [-0.2, -0.15) is 0 Å². The normalized spacial score (nSPS) is 31.4. The van der Waals surface area contributed by atoms with Crippen LogP contribution >= 0.6 is 12.2 Å². The molecule has 17 heavy (non-hydrogen) atoms. The molecular weight excluding hydrogens is 232 g/mol. The Morgan fingerprint density at radius 2 is 2.24 bits per heavy atom. The molecule has 3 atom stereocenters. The van der Waals surface area contributed by atoms with Crippen molar-refractivity contribution in [3.63, 3.8) is 0 Å². The molecule has 4 nitrogen and oxygen atoms in total. The number of hydrogen-bond acceptors (Lipinski definition) is 3. The fourth-order valence-electron chi connectivity index (χ4n) is 3.68. The van der Waals surface area contributed by atoms with Gasteiger partial charge in [0.1, 0.15) is 11.2 Å². The van der Waals surface area contributed by atoms with Gasteiger partial charge < -0.3 is 9.55 Å². The number of fused-ring (bicyclic) bond motifs is 3. The maximum atomic E-state index is 5.20. The van der Waals surface area contributed by atoms with Crippen LogP contribution in [0, 0.1) is 16.5 Å². The Labute approximate surface area is 104 Å². The Bertz CT molecular complexity index is 629. The maximum Gasteiger partial charge on any atom is 0.157 e. The second kappa shape index (κ2) is 3.38. The van der Waals surface area contributed by atoms with E-state index in [1.807, 2.05) is 6.33 Å². The van der Waals surface area contributed by atoms with Gasteiger partial charge >= 0.3 is 0 Å².